The molecule has 0 spiro atoms. The molecule has 0 saturated carbocycles. The third kappa shape index (κ3) is 2.13. The Hall–Kier alpha value is 0.240. The van der Waals surface area contributed by atoms with Crippen LogP contribution in [0, 0.1) is 0 Å². The van der Waals surface area contributed by atoms with E-state index >= 15 is 0 Å². The predicted molar refractivity (Wildman–Crippen MR) is 79.2 cm³/mol. The molecular weight excluding hydrogens is 375 g/mol. The fourth-order valence-electron chi connectivity index (χ4n) is 1.63. The molecule has 0 aliphatic rings. The third-order valence-electron chi connectivity index (χ3n) is 2.51. The zero-order valence-corrected chi connectivity index (χ0v) is 12.9. The maximum absolute atomic E-state index is 6.35. The van der Waals surface area contributed by atoms with Crippen molar-refractivity contribution in [1.82, 2.24) is 0 Å². The summed E-state index contributed by atoms with van der Waals surface area (Å²) in [4.78, 5) is 0. The molecule has 16 heavy (non-hydrogen) atoms. The van der Waals surface area contributed by atoms with Crippen molar-refractivity contribution in [2.45, 2.75) is 10.7 Å². The van der Waals surface area contributed by atoms with Crippen LogP contribution in [0.5, 0.6) is 0 Å². The van der Waals surface area contributed by atoms with Crippen molar-refractivity contribution >= 4 is 65.8 Å². The van der Waals surface area contributed by atoms with Gasteiger partial charge in [0.2, 0.25) is 0 Å². The Morgan fingerprint density at radius 3 is 1.62 bits per heavy atom. The topological polar surface area (TPSA) is 0 Å². The molecule has 0 heterocycles. The monoisotopic (exact) mass is 380 g/mol. The minimum absolute atomic E-state index is 0.733. The minimum atomic E-state index is 0.733. The highest BCUT2D eigenvalue weighted by Gasteiger charge is 2.10. The fourth-order valence-corrected chi connectivity index (χ4v) is 3.60. The molecule has 0 aliphatic heterocycles. The molecule has 2 aromatic carbocycles. The Morgan fingerprint density at radius 2 is 1.25 bits per heavy atom. The molecule has 0 fully saturated rings. The van der Waals surface area contributed by atoms with Gasteiger partial charge in [0, 0.05) is 16.0 Å². The molecule has 2 rings (SSSR count). The first-order valence-electron chi connectivity index (χ1n) is 4.69. The number of halogens is 4. The SMILES string of the molecule is Clc1c(CBr)ccc2ccc(CBr)c(Cl)c12. The van der Waals surface area contributed by atoms with Crippen molar-refractivity contribution in [3.05, 3.63) is 45.4 Å². The molecule has 0 aromatic heterocycles. The lowest BCUT2D eigenvalue weighted by atomic mass is 10.0. The summed E-state index contributed by atoms with van der Waals surface area (Å²) in [6, 6.07) is 8.12. The minimum Gasteiger partial charge on any atom is -0.0876 e. The van der Waals surface area contributed by atoms with E-state index in [0.29, 0.717) is 0 Å². The van der Waals surface area contributed by atoms with E-state index in [1.807, 2.05) is 24.3 Å². The summed E-state index contributed by atoms with van der Waals surface area (Å²) in [7, 11) is 0. The average molecular weight is 383 g/mol. The largest absolute Gasteiger partial charge is 0.0876 e. The highest BCUT2D eigenvalue weighted by Crippen LogP contribution is 2.36. The van der Waals surface area contributed by atoms with Gasteiger partial charge in [0.25, 0.3) is 0 Å². The molecule has 0 N–H and O–H groups in total. The van der Waals surface area contributed by atoms with E-state index in [9.17, 15) is 0 Å². The second kappa shape index (κ2) is 5.26. The van der Waals surface area contributed by atoms with Gasteiger partial charge in [-0.3, -0.25) is 0 Å². The highest BCUT2D eigenvalue weighted by molar-refractivity contribution is 9.08. The molecular formula is C12H8Br2Cl2. The van der Waals surface area contributed by atoms with Crippen LogP contribution < -0.4 is 0 Å². The molecule has 0 radical (unpaired) electrons. The number of rotatable bonds is 2. The molecule has 84 valence electrons. The average Bonchev–Trinajstić information content (AvgIpc) is 2.30. The van der Waals surface area contributed by atoms with Crippen molar-refractivity contribution in [1.29, 1.82) is 0 Å². The lowest BCUT2D eigenvalue weighted by Gasteiger charge is -2.09. The van der Waals surface area contributed by atoms with E-state index in [0.717, 1.165) is 42.6 Å². The molecule has 0 nitrogen and oxygen atoms in total. The molecule has 2 aromatic rings. The van der Waals surface area contributed by atoms with Crippen LogP contribution in [0.1, 0.15) is 11.1 Å². The van der Waals surface area contributed by atoms with Gasteiger partial charge >= 0.3 is 0 Å². The number of alkyl halides is 2. The quantitative estimate of drug-likeness (QED) is 0.564. The van der Waals surface area contributed by atoms with Gasteiger partial charge in [-0.2, -0.15) is 0 Å². The van der Waals surface area contributed by atoms with Crippen molar-refractivity contribution in [3.63, 3.8) is 0 Å². The predicted octanol–water partition coefficient (Wildman–Crippen LogP) is 5.94. The van der Waals surface area contributed by atoms with Gasteiger partial charge in [-0.1, -0.05) is 79.3 Å². The van der Waals surface area contributed by atoms with E-state index in [2.05, 4.69) is 31.9 Å². The van der Waals surface area contributed by atoms with E-state index in [1.165, 1.54) is 0 Å². The summed E-state index contributed by atoms with van der Waals surface area (Å²) in [5.74, 6) is 0. The number of hydrogen-bond acceptors (Lipinski definition) is 0. The van der Waals surface area contributed by atoms with Gasteiger partial charge in [-0.05, 0) is 16.5 Å². The summed E-state index contributed by atoms with van der Waals surface area (Å²) in [5.41, 5.74) is 2.12. The van der Waals surface area contributed by atoms with E-state index in [4.69, 9.17) is 23.2 Å². The first kappa shape index (κ1) is 12.7. The summed E-state index contributed by atoms with van der Waals surface area (Å²) in [6.07, 6.45) is 0. The van der Waals surface area contributed by atoms with Crippen molar-refractivity contribution < 1.29 is 0 Å². The molecule has 0 amide bonds. The van der Waals surface area contributed by atoms with Crippen LogP contribution in [0.15, 0.2) is 24.3 Å². The number of fused-ring (bicyclic) bond motifs is 1. The maximum atomic E-state index is 6.35. The van der Waals surface area contributed by atoms with Crippen molar-refractivity contribution in [3.8, 4) is 0 Å². The standard InChI is InChI=1S/C12H8Br2Cl2/c13-5-8-3-1-7-2-4-9(6-14)12(16)10(7)11(8)15/h1-4H,5-6H2. The number of hydrogen-bond donors (Lipinski definition) is 0. The van der Waals surface area contributed by atoms with Gasteiger partial charge in [0.05, 0.1) is 10.0 Å². The molecule has 0 unspecified atom stereocenters. The molecule has 0 aliphatic carbocycles. The van der Waals surface area contributed by atoms with Crippen LogP contribution in [-0.2, 0) is 10.7 Å². The zero-order chi connectivity index (χ0) is 11.7. The van der Waals surface area contributed by atoms with E-state index in [1.54, 1.807) is 0 Å². The first-order valence-corrected chi connectivity index (χ1v) is 7.69. The van der Waals surface area contributed by atoms with E-state index < -0.39 is 0 Å². The Balaban J connectivity index is 2.83. The van der Waals surface area contributed by atoms with E-state index in [-0.39, 0.29) is 0 Å². The Kier molecular flexibility index (Phi) is 4.17. The highest BCUT2D eigenvalue weighted by atomic mass is 79.9. The van der Waals surface area contributed by atoms with Gasteiger partial charge in [-0.25, -0.2) is 0 Å². The summed E-state index contributed by atoms with van der Waals surface area (Å²) in [6.45, 7) is 0. The van der Waals surface area contributed by atoms with Crippen LogP contribution in [0.4, 0.5) is 0 Å². The normalized spacial score (nSPS) is 11.0. The van der Waals surface area contributed by atoms with Gasteiger partial charge < -0.3 is 0 Å². The molecule has 0 saturated heterocycles. The van der Waals surface area contributed by atoms with Crippen LogP contribution in [0.2, 0.25) is 10.0 Å². The summed E-state index contributed by atoms with van der Waals surface area (Å²) in [5, 5.41) is 4.96. The lowest BCUT2D eigenvalue weighted by Crippen LogP contribution is -1.87. The fraction of sp³-hybridized carbons (Fsp3) is 0.167. The van der Waals surface area contributed by atoms with Crippen LogP contribution in [0.25, 0.3) is 10.8 Å². The Morgan fingerprint density at radius 1 is 0.812 bits per heavy atom. The molecule has 4 heteroatoms. The Labute approximate surface area is 121 Å². The maximum Gasteiger partial charge on any atom is 0.0539 e. The van der Waals surface area contributed by atoms with Crippen LogP contribution >= 0.6 is 55.1 Å². The van der Waals surface area contributed by atoms with Gasteiger partial charge in [0.1, 0.15) is 0 Å². The molecule has 0 atom stereocenters. The van der Waals surface area contributed by atoms with Crippen LogP contribution in [-0.4, -0.2) is 0 Å². The summed E-state index contributed by atoms with van der Waals surface area (Å²) >= 11 is 19.5. The first-order chi connectivity index (χ1) is 7.69. The van der Waals surface area contributed by atoms with Crippen molar-refractivity contribution in [2.75, 3.05) is 0 Å². The van der Waals surface area contributed by atoms with Gasteiger partial charge in [-0.15, -0.1) is 0 Å². The second-order valence-corrected chi connectivity index (χ2v) is 5.32. The van der Waals surface area contributed by atoms with Crippen molar-refractivity contribution in [2.24, 2.45) is 0 Å². The lowest BCUT2D eigenvalue weighted by molar-refractivity contribution is 1.43. The van der Waals surface area contributed by atoms with Crippen LogP contribution in [0.3, 0.4) is 0 Å². The second-order valence-electron chi connectivity index (χ2n) is 3.44. The Bertz CT molecular complexity index is 493. The number of benzene rings is 2. The zero-order valence-electron chi connectivity index (χ0n) is 8.24. The van der Waals surface area contributed by atoms with Gasteiger partial charge in [0.15, 0.2) is 0 Å². The smallest absolute Gasteiger partial charge is 0.0539 e. The summed E-state index contributed by atoms with van der Waals surface area (Å²) < 4.78 is 0. The third-order valence-corrected chi connectivity index (χ3v) is 4.58. The molecule has 0 bridgehead atoms.